The van der Waals surface area contributed by atoms with Gasteiger partial charge in [-0.1, -0.05) is 12.1 Å². The molecule has 2 unspecified atom stereocenters. The third-order valence-electron chi connectivity index (χ3n) is 11.3. The maximum absolute atomic E-state index is 13.8. The summed E-state index contributed by atoms with van der Waals surface area (Å²) in [4.78, 5) is 40.3. The minimum Gasteiger partial charge on any atom is -0.369 e. The molecule has 1 aromatic heterocycles. The maximum Gasteiger partial charge on any atom is 0.322 e. The first-order chi connectivity index (χ1) is 20.5. The van der Waals surface area contributed by atoms with Gasteiger partial charge in [-0.2, -0.15) is 0 Å². The van der Waals surface area contributed by atoms with Gasteiger partial charge in [-0.15, -0.1) is 0 Å². The van der Waals surface area contributed by atoms with E-state index in [1.54, 1.807) is 0 Å². The van der Waals surface area contributed by atoms with Gasteiger partial charge < -0.3 is 20.9 Å². The van der Waals surface area contributed by atoms with E-state index in [2.05, 4.69) is 38.2 Å². The molecule has 1 saturated heterocycles. The Morgan fingerprint density at radius 1 is 0.905 bits per heavy atom. The van der Waals surface area contributed by atoms with Crippen LogP contribution in [-0.4, -0.2) is 73.7 Å². The molecule has 5 aliphatic carbocycles. The zero-order chi connectivity index (χ0) is 28.4. The van der Waals surface area contributed by atoms with E-state index in [1.807, 2.05) is 29.3 Å². The van der Waals surface area contributed by atoms with Crippen molar-refractivity contribution >= 4 is 34.8 Å². The van der Waals surface area contributed by atoms with Crippen LogP contribution in [0.1, 0.15) is 44.9 Å². The number of nitrogens with zero attached hydrogens (tertiary/aromatic N) is 5. The van der Waals surface area contributed by atoms with Crippen LogP contribution in [0.25, 0.3) is 0 Å². The Hall–Kier alpha value is -3.33. The zero-order valence-corrected chi connectivity index (χ0v) is 24.5. The third-order valence-corrected chi connectivity index (χ3v) is 11.3. The number of amides is 3. The van der Waals surface area contributed by atoms with Crippen molar-refractivity contribution in [1.29, 1.82) is 0 Å². The Kier molecular flexibility index (Phi) is 6.35. The molecular weight excluding hydrogens is 526 g/mol. The molecule has 2 aromatic rings. The number of para-hydroxylation sites is 2. The number of carbonyl (C=O) groups excluding carboxylic acids is 2. The molecule has 9 rings (SSSR count). The number of urea groups is 1. The third kappa shape index (κ3) is 4.60. The van der Waals surface area contributed by atoms with Crippen molar-refractivity contribution in [3.8, 4) is 0 Å². The van der Waals surface area contributed by atoms with Gasteiger partial charge >= 0.3 is 6.03 Å². The number of hydrogen-bond donors (Lipinski definition) is 2. The number of aromatic nitrogens is 1. The van der Waals surface area contributed by atoms with Crippen molar-refractivity contribution in [2.75, 3.05) is 60.5 Å². The minimum absolute atomic E-state index is 0.0307. The van der Waals surface area contributed by atoms with Gasteiger partial charge in [-0.25, -0.2) is 9.78 Å². The van der Waals surface area contributed by atoms with Crippen molar-refractivity contribution in [2.24, 2.45) is 34.8 Å². The maximum atomic E-state index is 13.8. The highest BCUT2D eigenvalue weighted by Gasteiger charge is 2.58. The lowest BCUT2D eigenvalue weighted by molar-refractivity contribution is -0.145. The molecule has 0 radical (unpaired) electrons. The molecular formula is C33H43N7O2. The Labute approximate surface area is 248 Å². The van der Waals surface area contributed by atoms with Crippen LogP contribution < -0.4 is 25.8 Å². The molecule has 2 aliphatic heterocycles. The van der Waals surface area contributed by atoms with Crippen LogP contribution >= 0.6 is 0 Å². The van der Waals surface area contributed by atoms with Gasteiger partial charge in [-0.05, 0) is 92.9 Å². The number of nitrogens with one attached hydrogen (secondary N) is 1. The lowest BCUT2D eigenvalue weighted by Crippen LogP contribution is -2.63. The molecule has 3 amide bonds. The standard InChI is InChI=1S/C33H43N7O2/c34-31(41)33-17-23-15-24(18-33)30(25(16-23)19-33)36-32(42)40-14-13-39(27-3-1-2-4-28(27)40)29-8-7-26(20-35-29)38-11-9-37(10-12-38)21-22-5-6-22/h1-4,7-8,20,22-25,30H,5-6,9-19,21H2,(H2,34,41)(H,36,42). The number of primary amides is 1. The monoisotopic (exact) mass is 569 g/mol. The van der Waals surface area contributed by atoms with Crippen LogP contribution in [0.2, 0.25) is 0 Å². The lowest BCUT2D eigenvalue weighted by atomic mass is 9.47. The molecule has 1 aromatic carbocycles. The fourth-order valence-electron chi connectivity index (χ4n) is 9.17. The number of benzene rings is 1. The number of piperazine rings is 1. The van der Waals surface area contributed by atoms with Crippen LogP contribution in [0.3, 0.4) is 0 Å². The van der Waals surface area contributed by atoms with Crippen molar-refractivity contribution in [1.82, 2.24) is 15.2 Å². The topological polar surface area (TPSA) is 98.0 Å². The Morgan fingerprint density at radius 3 is 2.31 bits per heavy atom. The van der Waals surface area contributed by atoms with Gasteiger partial charge in [0.1, 0.15) is 5.82 Å². The van der Waals surface area contributed by atoms with Crippen molar-refractivity contribution in [2.45, 2.75) is 51.0 Å². The summed E-state index contributed by atoms with van der Waals surface area (Å²) >= 11 is 0. The first-order valence-electron chi connectivity index (χ1n) is 16.1. The van der Waals surface area contributed by atoms with Crippen LogP contribution in [0, 0.1) is 29.1 Å². The molecule has 5 saturated carbocycles. The lowest BCUT2D eigenvalue weighted by Gasteiger charge is -2.59. The normalized spacial score (nSPS) is 32.1. The predicted octanol–water partition coefficient (Wildman–Crippen LogP) is 3.96. The van der Waals surface area contributed by atoms with Crippen LogP contribution in [0.5, 0.6) is 0 Å². The van der Waals surface area contributed by atoms with E-state index < -0.39 is 0 Å². The van der Waals surface area contributed by atoms with E-state index in [-0.39, 0.29) is 23.4 Å². The van der Waals surface area contributed by atoms with Crippen LogP contribution in [-0.2, 0) is 4.79 Å². The molecule has 3 N–H and O–H groups in total. The number of fused-ring (bicyclic) bond motifs is 1. The summed E-state index contributed by atoms with van der Waals surface area (Å²) in [6.07, 6.45) is 9.61. The Balaban J connectivity index is 0.947. The van der Waals surface area contributed by atoms with E-state index in [4.69, 9.17) is 10.7 Å². The minimum atomic E-state index is -0.344. The second-order valence-corrected chi connectivity index (χ2v) is 14.0. The number of carbonyl (C=O) groups is 2. The molecule has 0 spiro atoms. The summed E-state index contributed by atoms with van der Waals surface area (Å²) in [7, 11) is 0. The molecule has 3 heterocycles. The van der Waals surface area contributed by atoms with Crippen molar-refractivity contribution in [3.05, 3.63) is 42.6 Å². The second kappa shape index (κ2) is 10.1. The molecule has 9 nitrogen and oxygen atoms in total. The summed E-state index contributed by atoms with van der Waals surface area (Å²) in [6.45, 7) is 6.91. The summed E-state index contributed by atoms with van der Waals surface area (Å²) in [5.74, 6) is 2.98. The summed E-state index contributed by atoms with van der Waals surface area (Å²) in [5.41, 5.74) is 8.65. The fourth-order valence-corrected chi connectivity index (χ4v) is 9.17. The number of pyridine rings is 1. The first kappa shape index (κ1) is 26.3. The van der Waals surface area contributed by atoms with E-state index in [9.17, 15) is 9.59 Å². The molecule has 9 heteroatoms. The summed E-state index contributed by atoms with van der Waals surface area (Å²) in [5, 5.41) is 3.44. The summed E-state index contributed by atoms with van der Waals surface area (Å²) < 4.78 is 0. The van der Waals surface area contributed by atoms with E-state index in [0.29, 0.717) is 30.8 Å². The number of hydrogen-bond acceptors (Lipinski definition) is 6. The Morgan fingerprint density at radius 2 is 1.64 bits per heavy atom. The number of anilines is 4. The Bertz CT molecular complexity index is 1340. The number of rotatable bonds is 6. The smallest absolute Gasteiger partial charge is 0.322 e. The fraction of sp³-hybridized carbons (Fsp3) is 0.606. The second-order valence-electron chi connectivity index (χ2n) is 14.0. The largest absolute Gasteiger partial charge is 0.369 e. The van der Waals surface area contributed by atoms with E-state index in [0.717, 1.165) is 81.4 Å². The van der Waals surface area contributed by atoms with Crippen molar-refractivity contribution in [3.63, 3.8) is 0 Å². The highest BCUT2D eigenvalue weighted by molar-refractivity contribution is 5.98. The first-order valence-corrected chi connectivity index (χ1v) is 16.1. The highest BCUT2D eigenvalue weighted by Crippen LogP contribution is 2.60. The molecule has 42 heavy (non-hydrogen) atoms. The molecule has 4 bridgehead atoms. The van der Waals surface area contributed by atoms with E-state index >= 15 is 0 Å². The molecule has 7 aliphatic rings. The average Bonchev–Trinajstić information content (AvgIpc) is 3.82. The van der Waals surface area contributed by atoms with Gasteiger partial charge in [0, 0.05) is 57.3 Å². The van der Waals surface area contributed by atoms with Crippen LogP contribution in [0.4, 0.5) is 27.7 Å². The molecule has 6 fully saturated rings. The predicted molar refractivity (Wildman–Crippen MR) is 164 cm³/mol. The SMILES string of the molecule is NC(=O)C12CC3CC(C1)C(NC(=O)N1CCN(c4ccc(N5CCN(CC6CC6)CC5)cn4)c4ccccc41)C(C3)C2. The molecule has 2 atom stereocenters. The molecule has 222 valence electrons. The highest BCUT2D eigenvalue weighted by atomic mass is 16.2. The van der Waals surface area contributed by atoms with Gasteiger partial charge in [-0.3, -0.25) is 14.6 Å². The zero-order valence-electron chi connectivity index (χ0n) is 24.5. The summed E-state index contributed by atoms with van der Waals surface area (Å²) in [6, 6.07) is 12.6. The van der Waals surface area contributed by atoms with Crippen molar-refractivity contribution < 1.29 is 9.59 Å². The van der Waals surface area contributed by atoms with Crippen LogP contribution in [0.15, 0.2) is 42.6 Å². The van der Waals surface area contributed by atoms with Gasteiger partial charge in [0.2, 0.25) is 5.91 Å². The van der Waals surface area contributed by atoms with E-state index in [1.165, 1.54) is 25.1 Å². The number of nitrogens with two attached hydrogens (primary N) is 1. The average molecular weight is 570 g/mol. The van der Waals surface area contributed by atoms with Gasteiger partial charge in [0.05, 0.1) is 23.3 Å². The quantitative estimate of drug-likeness (QED) is 0.547. The van der Waals surface area contributed by atoms with Gasteiger partial charge in [0.25, 0.3) is 0 Å². The van der Waals surface area contributed by atoms with Gasteiger partial charge in [0.15, 0.2) is 0 Å².